The molecule has 0 aliphatic heterocycles. The Bertz CT molecular complexity index is 370. The molecular formula is C9H13ClO2S2. The van der Waals surface area contributed by atoms with E-state index in [4.69, 9.17) is 11.6 Å². The maximum Gasteiger partial charge on any atom is 0.151 e. The van der Waals surface area contributed by atoms with E-state index in [0.29, 0.717) is 6.42 Å². The zero-order valence-corrected chi connectivity index (χ0v) is 10.5. The second kappa shape index (κ2) is 4.64. The van der Waals surface area contributed by atoms with Crippen LogP contribution in [0.5, 0.6) is 0 Å². The predicted octanol–water partition coefficient (Wildman–Crippen LogP) is 2.33. The second-order valence-electron chi connectivity index (χ2n) is 3.33. The summed E-state index contributed by atoms with van der Waals surface area (Å²) < 4.78 is 22.4. The molecule has 0 saturated carbocycles. The molecule has 0 bridgehead atoms. The van der Waals surface area contributed by atoms with E-state index in [9.17, 15) is 8.42 Å². The lowest BCUT2D eigenvalue weighted by atomic mass is 10.2. The van der Waals surface area contributed by atoms with Crippen molar-refractivity contribution in [2.45, 2.75) is 24.0 Å². The summed E-state index contributed by atoms with van der Waals surface area (Å²) in [4.78, 5) is 1.13. The third kappa shape index (κ3) is 3.26. The van der Waals surface area contributed by atoms with Crippen LogP contribution in [-0.2, 0) is 16.3 Å². The van der Waals surface area contributed by atoms with Crippen LogP contribution in [0.3, 0.4) is 0 Å². The van der Waals surface area contributed by atoms with Crippen molar-refractivity contribution in [1.82, 2.24) is 0 Å². The minimum atomic E-state index is -3.03. The molecule has 0 N–H and O–H groups in total. The van der Waals surface area contributed by atoms with Crippen molar-refractivity contribution in [3.8, 4) is 0 Å². The van der Waals surface area contributed by atoms with Crippen molar-refractivity contribution in [3.05, 3.63) is 22.4 Å². The highest BCUT2D eigenvalue weighted by Crippen LogP contribution is 2.19. The Balaban J connectivity index is 2.63. The van der Waals surface area contributed by atoms with Crippen molar-refractivity contribution in [2.75, 3.05) is 6.26 Å². The lowest BCUT2D eigenvalue weighted by Crippen LogP contribution is -2.28. The second-order valence-corrected chi connectivity index (χ2v) is 7.33. The van der Waals surface area contributed by atoms with Crippen LogP contribution in [0.4, 0.5) is 0 Å². The van der Waals surface area contributed by atoms with Gasteiger partial charge in [-0.1, -0.05) is 6.07 Å². The highest BCUT2D eigenvalue weighted by molar-refractivity contribution is 7.91. The molecule has 0 saturated heterocycles. The van der Waals surface area contributed by atoms with Crippen LogP contribution in [0.1, 0.15) is 11.8 Å². The number of thiophene rings is 1. The Morgan fingerprint density at radius 2 is 2.21 bits per heavy atom. The molecule has 14 heavy (non-hydrogen) atoms. The first-order valence-electron chi connectivity index (χ1n) is 4.26. The van der Waals surface area contributed by atoms with E-state index in [0.717, 1.165) is 4.88 Å². The molecule has 2 atom stereocenters. The van der Waals surface area contributed by atoms with E-state index in [-0.39, 0.29) is 5.38 Å². The zero-order chi connectivity index (χ0) is 10.8. The molecular weight excluding hydrogens is 240 g/mol. The van der Waals surface area contributed by atoms with Gasteiger partial charge in [-0.3, -0.25) is 0 Å². The number of alkyl halides is 1. The fraction of sp³-hybridized carbons (Fsp3) is 0.556. The fourth-order valence-electron chi connectivity index (χ4n) is 1.06. The molecule has 0 amide bonds. The standard InChI is InChI=1S/C9H13ClO2S2/c1-7(14(2,11)12)9(10)6-8-4-3-5-13-8/h3-5,7,9H,6H2,1-2H3. The summed E-state index contributed by atoms with van der Waals surface area (Å²) >= 11 is 7.63. The van der Waals surface area contributed by atoms with Crippen LogP contribution in [0.2, 0.25) is 0 Å². The van der Waals surface area contributed by atoms with Gasteiger partial charge in [0.05, 0.1) is 10.6 Å². The molecule has 2 unspecified atom stereocenters. The summed E-state index contributed by atoms with van der Waals surface area (Å²) in [5.74, 6) is 0. The molecule has 0 aliphatic rings. The minimum absolute atomic E-state index is 0.344. The molecule has 80 valence electrons. The lowest BCUT2D eigenvalue weighted by Gasteiger charge is -2.15. The Morgan fingerprint density at radius 1 is 1.57 bits per heavy atom. The first-order valence-corrected chi connectivity index (χ1v) is 7.53. The van der Waals surface area contributed by atoms with E-state index >= 15 is 0 Å². The summed E-state index contributed by atoms with van der Waals surface area (Å²) in [6.07, 6.45) is 1.84. The summed E-state index contributed by atoms with van der Waals surface area (Å²) in [5.41, 5.74) is 0. The topological polar surface area (TPSA) is 34.1 Å². The summed E-state index contributed by atoms with van der Waals surface area (Å²) in [6.45, 7) is 1.65. The van der Waals surface area contributed by atoms with Gasteiger partial charge in [0, 0.05) is 11.1 Å². The third-order valence-electron chi connectivity index (χ3n) is 2.16. The van der Waals surface area contributed by atoms with Gasteiger partial charge in [0.2, 0.25) is 0 Å². The first kappa shape index (κ1) is 12.0. The number of rotatable bonds is 4. The predicted molar refractivity (Wildman–Crippen MR) is 62.0 cm³/mol. The van der Waals surface area contributed by atoms with Gasteiger partial charge in [0.25, 0.3) is 0 Å². The quantitative estimate of drug-likeness (QED) is 0.771. The van der Waals surface area contributed by atoms with Crippen molar-refractivity contribution in [2.24, 2.45) is 0 Å². The Kier molecular flexibility index (Phi) is 3.98. The summed E-state index contributed by atoms with van der Waals surface area (Å²) in [6, 6.07) is 3.91. The number of sulfone groups is 1. The maximum atomic E-state index is 11.2. The molecule has 0 aliphatic carbocycles. The van der Waals surface area contributed by atoms with E-state index < -0.39 is 15.1 Å². The van der Waals surface area contributed by atoms with Crippen molar-refractivity contribution < 1.29 is 8.42 Å². The van der Waals surface area contributed by atoms with E-state index in [1.165, 1.54) is 6.26 Å². The SMILES string of the molecule is CC(C(Cl)Cc1cccs1)S(C)(=O)=O. The molecule has 2 nitrogen and oxygen atoms in total. The Morgan fingerprint density at radius 3 is 2.64 bits per heavy atom. The van der Waals surface area contributed by atoms with Crippen LogP contribution in [0.15, 0.2) is 17.5 Å². The van der Waals surface area contributed by atoms with Gasteiger partial charge in [0.1, 0.15) is 0 Å². The van der Waals surface area contributed by atoms with Gasteiger partial charge in [-0.2, -0.15) is 0 Å². The zero-order valence-electron chi connectivity index (χ0n) is 8.10. The highest BCUT2D eigenvalue weighted by atomic mass is 35.5. The number of hydrogen-bond donors (Lipinski definition) is 0. The molecule has 0 aromatic carbocycles. The van der Waals surface area contributed by atoms with Crippen LogP contribution < -0.4 is 0 Å². The van der Waals surface area contributed by atoms with Crippen LogP contribution in [-0.4, -0.2) is 25.3 Å². The molecule has 1 aromatic rings. The minimum Gasteiger partial charge on any atom is -0.229 e. The van der Waals surface area contributed by atoms with Crippen molar-refractivity contribution >= 4 is 32.8 Å². The smallest absolute Gasteiger partial charge is 0.151 e. The lowest BCUT2D eigenvalue weighted by molar-refractivity contribution is 0.585. The molecule has 1 rings (SSSR count). The molecule has 5 heteroatoms. The first-order chi connectivity index (χ1) is 6.41. The normalized spacial score (nSPS) is 16.5. The van der Waals surface area contributed by atoms with Gasteiger partial charge < -0.3 is 0 Å². The summed E-state index contributed by atoms with van der Waals surface area (Å²) in [5, 5.41) is 1.12. The van der Waals surface area contributed by atoms with Gasteiger partial charge in [-0.05, 0) is 24.8 Å². The average molecular weight is 253 g/mol. The van der Waals surface area contributed by atoms with Gasteiger partial charge in [-0.15, -0.1) is 22.9 Å². The molecule has 1 heterocycles. The third-order valence-corrected chi connectivity index (χ3v) is 5.42. The number of halogens is 1. The molecule has 0 spiro atoms. The van der Waals surface area contributed by atoms with E-state index in [1.807, 2.05) is 17.5 Å². The molecule has 0 radical (unpaired) electrons. The molecule has 1 aromatic heterocycles. The van der Waals surface area contributed by atoms with E-state index in [1.54, 1.807) is 18.3 Å². The van der Waals surface area contributed by atoms with Gasteiger partial charge >= 0.3 is 0 Å². The fourth-order valence-corrected chi connectivity index (χ4v) is 3.27. The van der Waals surface area contributed by atoms with Crippen LogP contribution >= 0.6 is 22.9 Å². The van der Waals surface area contributed by atoms with Crippen LogP contribution in [0.25, 0.3) is 0 Å². The average Bonchev–Trinajstić information content (AvgIpc) is 2.53. The largest absolute Gasteiger partial charge is 0.229 e. The Hall–Kier alpha value is -0.0600. The highest BCUT2D eigenvalue weighted by Gasteiger charge is 2.24. The summed E-state index contributed by atoms with van der Waals surface area (Å²) in [7, 11) is -3.03. The number of hydrogen-bond acceptors (Lipinski definition) is 3. The van der Waals surface area contributed by atoms with E-state index in [2.05, 4.69) is 0 Å². The Labute approximate surface area is 93.8 Å². The molecule has 0 fully saturated rings. The van der Waals surface area contributed by atoms with Gasteiger partial charge in [0.15, 0.2) is 9.84 Å². The maximum absolute atomic E-state index is 11.2. The van der Waals surface area contributed by atoms with Crippen molar-refractivity contribution in [3.63, 3.8) is 0 Å². The van der Waals surface area contributed by atoms with Crippen molar-refractivity contribution in [1.29, 1.82) is 0 Å². The monoisotopic (exact) mass is 252 g/mol. The van der Waals surface area contributed by atoms with Crippen LogP contribution in [0, 0.1) is 0 Å². The van der Waals surface area contributed by atoms with Gasteiger partial charge in [-0.25, -0.2) is 8.42 Å².